The molecule has 1 aliphatic heterocycles. The van der Waals surface area contributed by atoms with Crippen molar-refractivity contribution in [1.29, 1.82) is 0 Å². The number of hydrogen-bond acceptors (Lipinski definition) is 5. The van der Waals surface area contributed by atoms with E-state index in [0.717, 1.165) is 56.3 Å². The Morgan fingerprint density at radius 2 is 2.10 bits per heavy atom. The van der Waals surface area contributed by atoms with E-state index >= 15 is 0 Å². The molecule has 0 spiro atoms. The molecule has 5 heteroatoms. The summed E-state index contributed by atoms with van der Waals surface area (Å²) < 4.78 is 16.1. The number of benzene rings is 1. The van der Waals surface area contributed by atoms with E-state index in [4.69, 9.17) is 19.9 Å². The van der Waals surface area contributed by atoms with Crippen LogP contribution in [0.4, 0.5) is 0 Å². The average Bonchev–Trinajstić information content (AvgIpc) is 2.75. The van der Waals surface area contributed by atoms with Crippen LogP contribution in [-0.2, 0) is 4.74 Å². The lowest BCUT2D eigenvalue weighted by molar-refractivity contribution is 0.140. The molecule has 2 rings (SSSR count). The summed E-state index contributed by atoms with van der Waals surface area (Å²) in [6.07, 6.45) is 1.06. The maximum Gasteiger partial charge on any atom is 0.123 e. The molecule has 1 atom stereocenters. The Morgan fingerprint density at radius 1 is 1.25 bits per heavy atom. The maximum absolute atomic E-state index is 6.36. The monoisotopic (exact) mass is 280 g/mol. The van der Waals surface area contributed by atoms with Crippen LogP contribution < -0.4 is 15.2 Å². The van der Waals surface area contributed by atoms with E-state index in [1.807, 2.05) is 18.2 Å². The predicted octanol–water partition coefficient (Wildman–Crippen LogP) is 1.43. The second kappa shape index (κ2) is 7.47. The summed E-state index contributed by atoms with van der Waals surface area (Å²) in [4.78, 5) is 2.34. The van der Waals surface area contributed by atoms with Crippen molar-refractivity contribution in [1.82, 2.24) is 4.90 Å². The van der Waals surface area contributed by atoms with E-state index in [2.05, 4.69) is 4.90 Å². The highest BCUT2D eigenvalue weighted by molar-refractivity contribution is 5.42. The smallest absolute Gasteiger partial charge is 0.123 e. The van der Waals surface area contributed by atoms with Gasteiger partial charge in [-0.3, -0.25) is 4.90 Å². The lowest BCUT2D eigenvalue weighted by Crippen LogP contribution is -2.34. The highest BCUT2D eigenvalue weighted by Crippen LogP contribution is 2.28. The average molecular weight is 280 g/mol. The molecule has 1 saturated heterocycles. The van der Waals surface area contributed by atoms with Crippen molar-refractivity contribution in [3.05, 3.63) is 23.8 Å². The largest absolute Gasteiger partial charge is 0.497 e. The van der Waals surface area contributed by atoms with Crippen LogP contribution in [0.15, 0.2) is 18.2 Å². The minimum atomic E-state index is -0.0989. The molecular weight excluding hydrogens is 256 g/mol. The zero-order valence-corrected chi connectivity index (χ0v) is 12.3. The minimum absolute atomic E-state index is 0.0989. The molecule has 0 radical (unpaired) electrons. The zero-order chi connectivity index (χ0) is 14.4. The molecule has 1 fully saturated rings. The topological polar surface area (TPSA) is 57.0 Å². The standard InChI is InChI=1S/C15H24N2O3/c1-18-12-4-5-15(19-2)13(10-12)14(16)11-17-6-3-8-20-9-7-17/h4-5,10,14H,3,6-9,11,16H2,1-2H3. The SMILES string of the molecule is COc1ccc(OC)c(C(N)CN2CCCOCC2)c1. The first kappa shape index (κ1) is 15.1. The molecule has 112 valence electrons. The fourth-order valence-electron chi connectivity index (χ4n) is 2.49. The van der Waals surface area contributed by atoms with Gasteiger partial charge in [-0.1, -0.05) is 0 Å². The van der Waals surface area contributed by atoms with Crippen molar-refractivity contribution >= 4 is 0 Å². The Balaban J connectivity index is 2.08. The van der Waals surface area contributed by atoms with Gasteiger partial charge in [-0.25, -0.2) is 0 Å². The van der Waals surface area contributed by atoms with Gasteiger partial charge in [-0.05, 0) is 24.6 Å². The van der Waals surface area contributed by atoms with Crippen LogP contribution in [0, 0.1) is 0 Å². The predicted molar refractivity (Wildman–Crippen MR) is 78.4 cm³/mol. The van der Waals surface area contributed by atoms with E-state index in [-0.39, 0.29) is 6.04 Å². The minimum Gasteiger partial charge on any atom is -0.497 e. The molecule has 1 aromatic carbocycles. The molecular formula is C15H24N2O3. The second-order valence-corrected chi connectivity index (χ2v) is 4.98. The van der Waals surface area contributed by atoms with Gasteiger partial charge in [0.1, 0.15) is 11.5 Å². The van der Waals surface area contributed by atoms with Crippen LogP contribution in [0.3, 0.4) is 0 Å². The van der Waals surface area contributed by atoms with E-state index in [0.29, 0.717) is 0 Å². The van der Waals surface area contributed by atoms with Crippen LogP contribution in [0.25, 0.3) is 0 Å². The third kappa shape index (κ3) is 3.85. The summed E-state index contributed by atoms with van der Waals surface area (Å²) >= 11 is 0. The van der Waals surface area contributed by atoms with Gasteiger partial charge in [-0.2, -0.15) is 0 Å². The number of methoxy groups -OCH3 is 2. The number of hydrogen-bond donors (Lipinski definition) is 1. The molecule has 0 aromatic heterocycles. The fraction of sp³-hybridized carbons (Fsp3) is 0.600. The highest BCUT2D eigenvalue weighted by Gasteiger charge is 2.18. The summed E-state index contributed by atoms with van der Waals surface area (Å²) in [5, 5.41) is 0. The summed E-state index contributed by atoms with van der Waals surface area (Å²) in [6, 6.07) is 5.64. The third-order valence-electron chi connectivity index (χ3n) is 3.61. The lowest BCUT2D eigenvalue weighted by Gasteiger charge is -2.24. The summed E-state index contributed by atoms with van der Waals surface area (Å²) in [6.45, 7) is 4.38. The Hall–Kier alpha value is -1.30. The van der Waals surface area contributed by atoms with Crippen LogP contribution in [0.5, 0.6) is 11.5 Å². The van der Waals surface area contributed by atoms with Crippen molar-refractivity contribution in [2.45, 2.75) is 12.5 Å². The molecule has 1 unspecified atom stereocenters. The third-order valence-corrected chi connectivity index (χ3v) is 3.61. The second-order valence-electron chi connectivity index (χ2n) is 4.98. The number of nitrogens with zero attached hydrogens (tertiary/aromatic N) is 1. The quantitative estimate of drug-likeness (QED) is 0.884. The summed E-state index contributed by atoms with van der Waals surface area (Å²) in [5.41, 5.74) is 7.34. The molecule has 1 heterocycles. The molecule has 0 amide bonds. The molecule has 1 aromatic rings. The first-order valence-corrected chi connectivity index (χ1v) is 7.02. The van der Waals surface area contributed by atoms with E-state index in [1.54, 1.807) is 14.2 Å². The number of nitrogens with two attached hydrogens (primary N) is 1. The van der Waals surface area contributed by atoms with Crippen molar-refractivity contribution in [3.8, 4) is 11.5 Å². The van der Waals surface area contributed by atoms with Crippen molar-refractivity contribution in [2.24, 2.45) is 5.73 Å². The van der Waals surface area contributed by atoms with Crippen LogP contribution in [0.1, 0.15) is 18.0 Å². The molecule has 0 bridgehead atoms. The lowest BCUT2D eigenvalue weighted by atomic mass is 10.1. The first-order valence-electron chi connectivity index (χ1n) is 7.02. The van der Waals surface area contributed by atoms with Gasteiger partial charge in [0.2, 0.25) is 0 Å². The molecule has 1 aliphatic rings. The van der Waals surface area contributed by atoms with E-state index in [1.165, 1.54) is 0 Å². The van der Waals surface area contributed by atoms with Crippen molar-refractivity contribution < 1.29 is 14.2 Å². The van der Waals surface area contributed by atoms with Crippen LogP contribution in [0.2, 0.25) is 0 Å². The van der Waals surface area contributed by atoms with Crippen LogP contribution in [-0.4, -0.2) is 52.0 Å². The first-order chi connectivity index (χ1) is 9.74. The van der Waals surface area contributed by atoms with Gasteiger partial charge in [0.25, 0.3) is 0 Å². The Bertz CT molecular complexity index is 418. The summed E-state index contributed by atoms with van der Waals surface area (Å²) in [7, 11) is 3.32. The van der Waals surface area contributed by atoms with E-state index < -0.39 is 0 Å². The molecule has 0 aliphatic carbocycles. The highest BCUT2D eigenvalue weighted by atomic mass is 16.5. The van der Waals surface area contributed by atoms with Crippen molar-refractivity contribution in [2.75, 3.05) is 47.1 Å². The van der Waals surface area contributed by atoms with Gasteiger partial charge >= 0.3 is 0 Å². The molecule has 0 saturated carbocycles. The van der Waals surface area contributed by atoms with E-state index in [9.17, 15) is 0 Å². The van der Waals surface area contributed by atoms with Gasteiger partial charge in [0, 0.05) is 37.8 Å². The van der Waals surface area contributed by atoms with Crippen molar-refractivity contribution in [3.63, 3.8) is 0 Å². The maximum atomic E-state index is 6.36. The van der Waals surface area contributed by atoms with Gasteiger partial charge in [0.05, 0.1) is 20.8 Å². The molecule has 20 heavy (non-hydrogen) atoms. The number of ether oxygens (including phenoxy) is 3. The van der Waals surface area contributed by atoms with Gasteiger partial charge in [0.15, 0.2) is 0 Å². The molecule has 5 nitrogen and oxygen atoms in total. The fourth-order valence-corrected chi connectivity index (χ4v) is 2.49. The Morgan fingerprint density at radius 3 is 2.85 bits per heavy atom. The van der Waals surface area contributed by atoms with Gasteiger partial charge < -0.3 is 19.9 Å². The van der Waals surface area contributed by atoms with Gasteiger partial charge in [-0.15, -0.1) is 0 Å². The molecule has 2 N–H and O–H groups in total. The summed E-state index contributed by atoms with van der Waals surface area (Å²) in [5.74, 6) is 1.61. The Kier molecular flexibility index (Phi) is 5.64. The van der Waals surface area contributed by atoms with Crippen LogP contribution >= 0.6 is 0 Å². The number of rotatable bonds is 5. The Labute approximate surface area is 120 Å². The zero-order valence-electron chi connectivity index (χ0n) is 12.3. The normalized spacial score (nSPS) is 18.4.